The molecule has 6 heteroatoms. The van der Waals surface area contributed by atoms with E-state index in [-0.39, 0.29) is 23.7 Å². The lowest BCUT2D eigenvalue weighted by molar-refractivity contribution is -0.147. The number of rotatable bonds is 6. The molecule has 3 aromatic carbocycles. The van der Waals surface area contributed by atoms with Gasteiger partial charge in [-0.15, -0.1) is 0 Å². The number of imide groups is 1. The molecule has 2 bridgehead atoms. The summed E-state index contributed by atoms with van der Waals surface area (Å²) in [6, 6.07) is 20.8. The van der Waals surface area contributed by atoms with Gasteiger partial charge >= 0.3 is 0 Å². The van der Waals surface area contributed by atoms with Gasteiger partial charge in [0.25, 0.3) is 0 Å². The minimum absolute atomic E-state index is 0.208. The van der Waals surface area contributed by atoms with E-state index in [0.29, 0.717) is 18.5 Å². The Morgan fingerprint density at radius 2 is 1.31 bits per heavy atom. The zero-order valence-electron chi connectivity index (χ0n) is 20.0. The van der Waals surface area contributed by atoms with Crippen molar-refractivity contribution in [3.8, 4) is 0 Å². The lowest BCUT2D eigenvalue weighted by Gasteiger charge is -2.45. The van der Waals surface area contributed by atoms with Gasteiger partial charge < -0.3 is 5.32 Å². The number of amides is 3. The zero-order valence-corrected chi connectivity index (χ0v) is 20.0. The molecule has 3 atom stereocenters. The Bertz CT molecular complexity index is 1250. The predicted octanol–water partition coefficient (Wildman–Crippen LogP) is 5.22. The molecule has 182 valence electrons. The summed E-state index contributed by atoms with van der Waals surface area (Å²) < 4.78 is 13.4. The van der Waals surface area contributed by atoms with Crippen LogP contribution in [-0.4, -0.2) is 28.7 Å². The first-order valence-electron chi connectivity index (χ1n) is 12.6. The smallest absolute Gasteiger partial charge is 0.247 e. The summed E-state index contributed by atoms with van der Waals surface area (Å²) in [6.07, 6.45) is 1.91. The highest BCUT2D eigenvalue weighted by atomic mass is 19.1. The maximum atomic E-state index is 14.0. The van der Waals surface area contributed by atoms with Gasteiger partial charge in [-0.05, 0) is 52.9 Å². The van der Waals surface area contributed by atoms with Gasteiger partial charge in [0.1, 0.15) is 11.9 Å². The molecule has 5 nitrogen and oxygen atoms in total. The van der Waals surface area contributed by atoms with Gasteiger partial charge in [0.05, 0.1) is 11.8 Å². The maximum Gasteiger partial charge on any atom is 0.247 e. The largest absolute Gasteiger partial charge is 0.324 e. The van der Waals surface area contributed by atoms with Crippen molar-refractivity contribution >= 4 is 23.4 Å². The van der Waals surface area contributed by atoms with Crippen LogP contribution in [0, 0.1) is 17.7 Å². The molecular weight excluding hydrogens is 455 g/mol. The molecule has 36 heavy (non-hydrogen) atoms. The number of nitrogens with one attached hydrogen (secondary N) is 1. The van der Waals surface area contributed by atoms with E-state index in [2.05, 4.69) is 29.6 Å². The average Bonchev–Trinajstić information content (AvgIpc) is 3.16. The van der Waals surface area contributed by atoms with Crippen molar-refractivity contribution in [2.45, 2.75) is 44.1 Å². The molecule has 0 aromatic heterocycles. The number of likely N-dealkylation sites (tertiary alicyclic amines) is 1. The molecule has 0 saturated carbocycles. The van der Waals surface area contributed by atoms with Crippen molar-refractivity contribution in [1.82, 2.24) is 4.90 Å². The monoisotopic (exact) mass is 482 g/mol. The van der Waals surface area contributed by atoms with E-state index in [1.54, 1.807) is 0 Å². The third-order valence-corrected chi connectivity index (χ3v) is 8.04. The van der Waals surface area contributed by atoms with E-state index >= 15 is 0 Å². The molecule has 0 spiro atoms. The van der Waals surface area contributed by atoms with Crippen molar-refractivity contribution < 1.29 is 18.8 Å². The summed E-state index contributed by atoms with van der Waals surface area (Å²) in [5.41, 5.74) is 4.84. The lowest BCUT2D eigenvalue weighted by atomic mass is 9.55. The first kappa shape index (κ1) is 22.7. The van der Waals surface area contributed by atoms with Crippen molar-refractivity contribution in [2.75, 3.05) is 5.32 Å². The number of benzene rings is 3. The van der Waals surface area contributed by atoms with E-state index in [9.17, 15) is 18.8 Å². The number of carbonyl (C=O) groups is 3. The van der Waals surface area contributed by atoms with Crippen LogP contribution in [0.3, 0.4) is 0 Å². The standard InChI is InChI=1S/C30H27FN2O3/c1-2-3-12-23(28(34)32-18-15-13-17(31)14-16-18)33-29(35)26-24-19-8-4-5-9-20(19)25(27(26)30(33)36)22-11-7-6-10-21(22)24/h4-11,13-16,23-27H,2-3,12H2,1H3,(H,32,34)/t23-,24?,25?,26+,27+/m1/s1. The number of hydrogen-bond acceptors (Lipinski definition) is 3. The molecule has 7 rings (SSSR count). The molecule has 3 aromatic rings. The number of hydrogen-bond donors (Lipinski definition) is 1. The van der Waals surface area contributed by atoms with Crippen LogP contribution < -0.4 is 5.32 Å². The Labute approximate surface area is 209 Å². The van der Waals surface area contributed by atoms with Crippen molar-refractivity contribution in [1.29, 1.82) is 0 Å². The third-order valence-electron chi connectivity index (χ3n) is 8.04. The van der Waals surface area contributed by atoms with Crippen molar-refractivity contribution in [3.05, 3.63) is 101 Å². The number of unbranched alkanes of at least 4 members (excludes halogenated alkanes) is 1. The summed E-state index contributed by atoms with van der Waals surface area (Å²) >= 11 is 0. The van der Waals surface area contributed by atoms with Crippen LogP contribution in [0.4, 0.5) is 10.1 Å². The highest BCUT2D eigenvalue weighted by Crippen LogP contribution is 2.61. The zero-order chi connectivity index (χ0) is 25.0. The fourth-order valence-electron chi connectivity index (χ4n) is 6.54. The topological polar surface area (TPSA) is 66.5 Å². The van der Waals surface area contributed by atoms with Crippen LogP contribution >= 0.6 is 0 Å². The quantitative estimate of drug-likeness (QED) is 0.490. The van der Waals surface area contributed by atoms with Gasteiger partial charge in [0, 0.05) is 17.5 Å². The van der Waals surface area contributed by atoms with E-state index in [0.717, 1.165) is 28.7 Å². The SMILES string of the molecule is CCCC[C@H](C(=O)Nc1ccc(F)cc1)N1C(=O)[C@H]2C3c4ccccc4C(c4ccccc43)[C@@H]2C1=O. The summed E-state index contributed by atoms with van der Waals surface area (Å²) in [5, 5.41) is 2.80. The minimum Gasteiger partial charge on any atom is -0.324 e. The van der Waals surface area contributed by atoms with Gasteiger partial charge in [-0.3, -0.25) is 19.3 Å². The second-order valence-corrected chi connectivity index (χ2v) is 9.97. The molecule has 1 fully saturated rings. The van der Waals surface area contributed by atoms with E-state index < -0.39 is 29.6 Å². The lowest BCUT2D eigenvalue weighted by Crippen LogP contribution is -2.48. The molecule has 3 aliphatic carbocycles. The third kappa shape index (κ3) is 3.31. The molecule has 1 aliphatic heterocycles. The highest BCUT2D eigenvalue weighted by molar-refractivity contribution is 6.11. The summed E-state index contributed by atoms with van der Waals surface area (Å²) in [4.78, 5) is 42.8. The second-order valence-electron chi connectivity index (χ2n) is 9.97. The summed E-state index contributed by atoms with van der Waals surface area (Å²) in [6.45, 7) is 2.01. The normalized spacial score (nSPS) is 24.2. The Kier molecular flexibility index (Phi) is 5.47. The molecule has 1 saturated heterocycles. The van der Waals surface area contributed by atoms with E-state index in [1.807, 2.05) is 31.2 Å². The van der Waals surface area contributed by atoms with Crippen LogP contribution in [0.25, 0.3) is 0 Å². The fourth-order valence-corrected chi connectivity index (χ4v) is 6.54. The minimum atomic E-state index is -0.911. The summed E-state index contributed by atoms with van der Waals surface area (Å²) in [5.74, 6) is -2.80. The first-order valence-corrected chi connectivity index (χ1v) is 12.6. The van der Waals surface area contributed by atoms with Gasteiger partial charge in [-0.1, -0.05) is 68.3 Å². The maximum absolute atomic E-state index is 14.0. The van der Waals surface area contributed by atoms with Gasteiger partial charge in [0.15, 0.2) is 0 Å². The fraction of sp³-hybridized carbons (Fsp3) is 0.300. The molecular formula is C30H27FN2O3. The van der Waals surface area contributed by atoms with Crippen LogP contribution in [0.1, 0.15) is 60.3 Å². The molecule has 1 heterocycles. The second kappa shape index (κ2) is 8.70. The average molecular weight is 483 g/mol. The summed E-state index contributed by atoms with van der Waals surface area (Å²) in [7, 11) is 0. The molecule has 3 amide bonds. The number of carbonyl (C=O) groups excluding carboxylic acids is 3. The molecule has 4 aliphatic rings. The molecule has 0 radical (unpaired) electrons. The van der Waals surface area contributed by atoms with Crippen LogP contribution in [0.15, 0.2) is 72.8 Å². The number of anilines is 1. The van der Waals surface area contributed by atoms with Gasteiger partial charge in [-0.2, -0.15) is 0 Å². The number of halogens is 1. The Hall–Kier alpha value is -3.80. The van der Waals surface area contributed by atoms with Crippen LogP contribution in [0.2, 0.25) is 0 Å². The Morgan fingerprint density at radius 1 is 0.833 bits per heavy atom. The Morgan fingerprint density at radius 3 is 1.75 bits per heavy atom. The Balaban J connectivity index is 1.39. The molecule has 0 unspecified atom stereocenters. The highest BCUT2D eigenvalue weighted by Gasteiger charge is 2.62. The van der Waals surface area contributed by atoms with Crippen molar-refractivity contribution in [3.63, 3.8) is 0 Å². The van der Waals surface area contributed by atoms with E-state index in [4.69, 9.17) is 0 Å². The van der Waals surface area contributed by atoms with Gasteiger partial charge in [-0.25, -0.2) is 4.39 Å². The van der Waals surface area contributed by atoms with Crippen LogP contribution in [-0.2, 0) is 14.4 Å². The van der Waals surface area contributed by atoms with E-state index in [1.165, 1.54) is 29.2 Å². The first-order chi connectivity index (χ1) is 17.5. The van der Waals surface area contributed by atoms with Crippen molar-refractivity contribution in [2.24, 2.45) is 11.8 Å². The van der Waals surface area contributed by atoms with Gasteiger partial charge in [0.2, 0.25) is 17.7 Å². The number of nitrogens with zero attached hydrogens (tertiary/aromatic N) is 1. The predicted molar refractivity (Wildman–Crippen MR) is 134 cm³/mol. The molecule has 1 N–H and O–H groups in total. The van der Waals surface area contributed by atoms with Crippen LogP contribution in [0.5, 0.6) is 0 Å².